The quantitative estimate of drug-likeness (QED) is 0.759. The Bertz CT molecular complexity index is 591. The van der Waals surface area contributed by atoms with Gasteiger partial charge in [-0.3, -0.25) is 4.79 Å². The van der Waals surface area contributed by atoms with E-state index in [0.29, 0.717) is 4.48 Å². The highest BCUT2D eigenvalue weighted by Gasteiger charge is 2.06. The van der Waals surface area contributed by atoms with Crippen LogP contribution in [-0.2, 0) is 4.79 Å². The van der Waals surface area contributed by atoms with Crippen molar-refractivity contribution in [3.63, 3.8) is 0 Å². The molecular formula is C15H11Br2NO. The first-order valence-corrected chi connectivity index (χ1v) is 7.23. The predicted octanol–water partition coefficient (Wildman–Crippen LogP) is 4.82. The van der Waals surface area contributed by atoms with Crippen molar-refractivity contribution in [2.24, 2.45) is 0 Å². The molecule has 0 saturated heterocycles. The summed E-state index contributed by atoms with van der Waals surface area (Å²) in [5.41, 5.74) is 1.73. The van der Waals surface area contributed by atoms with Crippen LogP contribution in [0.1, 0.15) is 5.56 Å². The molecule has 0 aliphatic rings. The number of hydrogen-bond donors (Lipinski definition) is 1. The van der Waals surface area contributed by atoms with Crippen LogP contribution in [-0.4, -0.2) is 5.91 Å². The number of nitrogens with one attached hydrogen (secondary N) is 1. The molecule has 96 valence electrons. The van der Waals surface area contributed by atoms with Crippen LogP contribution in [0.15, 0.2) is 63.6 Å². The van der Waals surface area contributed by atoms with Crippen molar-refractivity contribution in [1.82, 2.24) is 0 Å². The summed E-state index contributed by atoms with van der Waals surface area (Å²) in [7, 11) is 0. The summed E-state index contributed by atoms with van der Waals surface area (Å²) in [6, 6.07) is 17.1. The van der Waals surface area contributed by atoms with Crippen LogP contribution in [0, 0.1) is 0 Å². The molecule has 2 aromatic rings. The summed E-state index contributed by atoms with van der Waals surface area (Å²) in [5, 5.41) is 2.81. The van der Waals surface area contributed by atoms with Gasteiger partial charge in [-0.05, 0) is 51.8 Å². The van der Waals surface area contributed by atoms with E-state index in [2.05, 4.69) is 37.2 Å². The second-order valence-electron chi connectivity index (χ2n) is 3.86. The lowest BCUT2D eigenvalue weighted by Gasteiger charge is -2.04. The molecule has 0 aliphatic heterocycles. The van der Waals surface area contributed by atoms with Crippen LogP contribution in [0.4, 0.5) is 5.69 Å². The van der Waals surface area contributed by atoms with Crippen LogP contribution in [0.5, 0.6) is 0 Å². The van der Waals surface area contributed by atoms with Gasteiger partial charge in [0.2, 0.25) is 0 Å². The minimum atomic E-state index is -0.175. The molecule has 0 radical (unpaired) electrons. The number of halogens is 2. The average Bonchev–Trinajstić information content (AvgIpc) is 2.42. The number of rotatable bonds is 3. The highest BCUT2D eigenvalue weighted by molar-refractivity contribution is 9.12. The molecule has 0 aliphatic carbocycles. The lowest BCUT2D eigenvalue weighted by molar-refractivity contribution is -0.112. The number of hydrogen-bond acceptors (Lipinski definition) is 1. The lowest BCUT2D eigenvalue weighted by Crippen LogP contribution is -2.10. The fourth-order valence-corrected chi connectivity index (χ4v) is 2.11. The summed E-state index contributed by atoms with van der Waals surface area (Å²) in [5.74, 6) is -0.175. The zero-order valence-corrected chi connectivity index (χ0v) is 13.1. The molecule has 0 bridgehead atoms. The summed E-state index contributed by atoms with van der Waals surface area (Å²) in [4.78, 5) is 12.0. The summed E-state index contributed by atoms with van der Waals surface area (Å²) in [6.45, 7) is 0. The van der Waals surface area contributed by atoms with E-state index in [1.807, 2.05) is 54.6 Å². The average molecular weight is 381 g/mol. The number of carbonyl (C=O) groups excluding carboxylic acids is 1. The van der Waals surface area contributed by atoms with Gasteiger partial charge in [0.1, 0.15) is 0 Å². The van der Waals surface area contributed by atoms with Gasteiger partial charge in [-0.2, -0.15) is 0 Å². The van der Waals surface area contributed by atoms with E-state index in [1.54, 1.807) is 6.08 Å². The standard InChI is InChI=1S/C15H11Br2NO/c16-12-6-8-13(9-7-12)18-15(19)14(17)10-11-4-2-1-3-5-11/h1-10H,(H,18,19)/b14-10-. The Kier molecular flexibility index (Phi) is 4.93. The van der Waals surface area contributed by atoms with Crippen LogP contribution in [0.3, 0.4) is 0 Å². The van der Waals surface area contributed by atoms with Crippen molar-refractivity contribution < 1.29 is 4.79 Å². The van der Waals surface area contributed by atoms with Crippen LogP contribution < -0.4 is 5.32 Å². The van der Waals surface area contributed by atoms with Crippen molar-refractivity contribution in [3.8, 4) is 0 Å². The van der Waals surface area contributed by atoms with E-state index in [-0.39, 0.29) is 5.91 Å². The molecule has 1 amide bonds. The first kappa shape index (κ1) is 14.0. The Morgan fingerprint density at radius 3 is 2.26 bits per heavy atom. The number of benzene rings is 2. The van der Waals surface area contributed by atoms with Gasteiger partial charge < -0.3 is 5.32 Å². The van der Waals surface area contributed by atoms with E-state index in [9.17, 15) is 4.79 Å². The zero-order valence-electron chi connectivity index (χ0n) is 9.94. The Hall–Kier alpha value is -1.39. The molecule has 4 heteroatoms. The minimum absolute atomic E-state index is 0.175. The number of amides is 1. The summed E-state index contributed by atoms with van der Waals surface area (Å²) in [6.07, 6.45) is 1.79. The molecular weight excluding hydrogens is 370 g/mol. The topological polar surface area (TPSA) is 29.1 Å². The number of carbonyl (C=O) groups is 1. The van der Waals surface area contributed by atoms with E-state index >= 15 is 0 Å². The highest BCUT2D eigenvalue weighted by atomic mass is 79.9. The maximum absolute atomic E-state index is 12.0. The lowest BCUT2D eigenvalue weighted by atomic mass is 10.2. The molecule has 19 heavy (non-hydrogen) atoms. The largest absolute Gasteiger partial charge is 0.322 e. The van der Waals surface area contributed by atoms with Gasteiger partial charge >= 0.3 is 0 Å². The fraction of sp³-hybridized carbons (Fsp3) is 0. The molecule has 0 unspecified atom stereocenters. The van der Waals surface area contributed by atoms with Crippen molar-refractivity contribution in [2.75, 3.05) is 5.32 Å². The monoisotopic (exact) mass is 379 g/mol. The molecule has 0 saturated carbocycles. The molecule has 2 rings (SSSR count). The third-order valence-electron chi connectivity index (χ3n) is 2.41. The van der Waals surface area contributed by atoms with Gasteiger partial charge in [0.15, 0.2) is 0 Å². The first-order valence-electron chi connectivity index (χ1n) is 5.64. The van der Waals surface area contributed by atoms with Crippen molar-refractivity contribution in [1.29, 1.82) is 0 Å². The van der Waals surface area contributed by atoms with Crippen molar-refractivity contribution >= 4 is 49.5 Å². The zero-order chi connectivity index (χ0) is 13.7. The van der Waals surface area contributed by atoms with Crippen LogP contribution in [0.25, 0.3) is 6.08 Å². The number of anilines is 1. The molecule has 0 atom stereocenters. The Balaban J connectivity index is 2.07. The molecule has 0 heterocycles. The smallest absolute Gasteiger partial charge is 0.262 e. The Morgan fingerprint density at radius 2 is 1.63 bits per heavy atom. The summed E-state index contributed by atoms with van der Waals surface area (Å²) >= 11 is 6.64. The Morgan fingerprint density at radius 1 is 1.00 bits per heavy atom. The maximum Gasteiger partial charge on any atom is 0.262 e. The van der Waals surface area contributed by atoms with Gasteiger partial charge in [-0.25, -0.2) is 0 Å². The van der Waals surface area contributed by atoms with E-state index < -0.39 is 0 Å². The van der Waals surface area contributed by atoms with Gasteiger partial charge in [0.05, 0.1) is 4.48 Å². The van der Waals surface area contributed by atoms with Crippen LogP contribution >= 0.6 is 31.9 Å². The SMILES string of the molecule is O=C(Nc1ccc(Br)cc1)/C(Br)=C/c1ccccc1. The van der Waals surface area contributed by atoms with Gasteiger partial charge in [0, 0.05) is 10.2 Å². The van der Waals surface area contributed by atoms with E-state index in [0.717, 1.165) is 15.7 Å². The second-order valence-corrected chi connectivity index (χ2v) is 5.63. The maximum atomic E-state index is 12.0. The molecule has 2 aromatic carbocycles. The normalized spacial score (nSPS) is 11.2. The van der Waals surface area contributed by atoms with Gasteiger partial charge in [-0.1, -0.05) is 46.3 Å². The molecule has 0 aromatic heterocycles. The van der Waals surface area contributed by atoms with Crippen molar-refractivity contribution in [3.05, 3.63) is 69.1 Å². The van der Waals surface area contributed by atoms with Gasteiger partial charge in [-0.15, -0.1) is 0 Å². The molecule has 0 fully saturated rings. The minimum Gasteiger partial charge on any atom is -0.322 e. The van der Waals surface area contributed by atoms with E-state index in [1.165, 1.54) is 0 Å². The predicted molar refractivity (Wildman–Crippen MR) is 86.1 cm³/mol. The molecule has 0 spiro atoms. The third-order valence-corrected chi connectivity index (χ3v) is 3.53. The van der Waals surface area contributed by atoms with Crippen molar-refractivity contribution in [2.45, 2.75) is 0 Å². The van der Waals surface area contributed by atoms with Crippen LogP contribution in [0.2, 0.25) is 0 Å². The first-order chi connectivity index (χ1) is 9.15. The molecule has 1 N–H and O–H groups in total. The molecule has 2 nitrogen and oxygen atoms in total. The highest BCUT2D eigenvalue weighted by Crippen LogP contribution is 2.17. The Labute approximate surface area is 128 Å². The third kappa shape index (κ3) is 4.33. The second kappa shape index (κ2) is 6.68. The summed E-state index contributed by atoms with van der Waals surface area (Å²) < 4.78 is 1.46. The fourth-order valence-electron chi connectivity index (χ4n) is 1.49. The van der Waals surface area contributed by atoms with E-state index in [4.69, 9.17) is 0 Å². The van der Waals surface area contributed by atoms with Gasteiger partial charge in [0.25, 0.3) is 5.91 Å².